The van der Waals surface area contributed by atoms with Crippen LogP contribution in [0.2, 0.25) is 0 Å². The molecule has 1 N–H and O–H groups in total. The second kappa shape index (κ2) is 6.61. The summed E-state index contributed by atoms with van der Waals surface area (Å²) in [5.74, 6) is 0.429. The van der Waals surface area contributed by atoms with E-state index >= 15 is 0 Å². The quantitative estimate of drug-likeness (QED) is 0.634. The molecule has 5 heteroatoms. The highest BCUT2D eigenvalue weighted by atomic mass is 16.6. The standard InChI is InChI=1S/C14H23N3O2/c1-6-12(11(4)15-5)7-13-10(3)14(17(18)19)9(2)8-16-13/h8,11-12,15H,6-7H2,1-5H3. The lowest BCUT2D eigenvalue weighted by atomic mass is 9.91. The van der Waals surface area contributed by atoms with Gasteiger partial charge in [-0.25, -0.2) is 0 Å². The number of nitrogens with zero attached hydrogens (tertiary/aromatic N) is 2. The van der Waals surface area contributed by atoms with Crippen LogP contribution >= 0.6 is 0 Å². The molecule has 1 rings (SSSR count). The molecule has 0 saturated carbocycles. The first-order chi connectivity index (χ1) is 8.92. The van der Waals surface area contributed by atoms with Gasteiger partial charge < -0.3 is 5.32 Å². The lowest BCUT2D eigenvalue weighted by molar-refractivity contribution is -0.386. The second-order valence-corrected chi connectivity index (χ2v) is 5.07. The number of rotatable bonds is 6. The SMILES string of the molecule is CCC(Cc1ncc(C)c([N+](=O)[O-])c1C)C(C)NC. The number of aromatic nitrogens is 1. The average molecular weight is 265 g/mol. The van der Waals surface area contributed by atoms with Gasteiger partial charge in [0.05, 0.1) is 10.6 Å². The van der Waals surface area contributed by atoms with Crippen molar-refractivity contribution in [3.05, 3.63) is 33.1 Å². The van der Waals surface area contributed by atoms with Gasteiger partial charge in [0.1, 0.15) is 0 Å². The van der Waals surface area contributed by atoms with Gasteiger partial charge in [-0.2, -0.15) is 0 Å². The summed E-state index contributed by atoms with van der Waals surface area (Å²) in [6.45, 7) is 7.79. The third kappa shape index (κ3) is 3.50. The van der Waals surface area contributed by atoms with Crippen molar-refractivity contribution in [2.45, 2.75) is 46.6 Å². The monoisotopic (exact) mass is 265 g/mol. The lowest BCUT2D eigenvalue weighted by Gasteiger charge is -2.22. The van der Waals surface area contributed by atoms with Crippen LogP contribution in [-0.4, -0.2) is 23.0 Å². The molecule has 0 aliphatic heterocycles. The van der Waals surface area contributed by atoms with Crippen LogP contribution in [0.25, 0.3) is 0 Å². The van der Waals surface area contributed by atoms with E-state index in [0.717, 1.165) is 18.5 Å². The Balaban J connectivity index is 3.08. The van der Waals surface area contributed by atoms with E-state index in [0.29, 0.717) is 23.1 Å². The molecule has 2 atom stereocenters. The van der Waals surface area contributed by atoms with Gasteiger partial charge in [0, 0.05) is 23.4 Å². The van der Waals surface area contributed by atoms with Gasteiger partial charge in [0.15, 0.2) is 0 Å². The Hall–Kier alpha value is -1.49. The van der Waals surface area contributed by atoms with Crippen molar-refractivity contribution >= 4 is 5.69 Å². The topological polar surface area (TPSA) is 68.1 Å². The van der Waals surface area contributed by atoms with Crippen LogP contribution in [0.5, 0.6) is 0 Å². The molecule has 0 fully saturated rings. The van der Waals surface area contributed by atoms with Gasteiger partial charge in [0.2, 0.25) is 0 Å². The molecule has 1 aromatic heterocycles. The van der Waals surface area contributed by atoms with Crippen molar-refractivity contribution in [3.63, 3.8) is 0 Å². The largest absolute Gasteiger partial charge is 0.317 e. The summed E-state index contributed by atoms with van der Waals surface area (Å²) in [5, 5.41) is 14.3. The Morgan fingerprint density at radius 2 is 2.11 bits per heavy atom. The van der Waals surface area contributed by atoms with Crippen LogP contribution in [0, 0.1) is 29.9 Å². The fourth-order valence-electron chi connectivity index (χ4n) is 2.41. The smallest absolute Gasteiger partial charge is 0.278 e. The van der Waals surface area contributed by atoms with Crippen molar-refractivity contribution < 1.29 is 4.92 Å². The van der Waals surface area contributed by atoms with Gasteiger partial charge in [-0.05, 0) is 40.2 Å². The predicted octanol–water partition coefficient (Wildman–Crippen LogP) is 2.78. The van der Waals surface area contributed by atoms with Crippen LogP contribution in [0.15, 0.2) is 6.20 Å². The minimum absolute atomic E-state index is 0.206. The molecular weight excluding hydrogens is 242 g/mol. The average Bonchev–Trinajstić information content (AvgIpc) is 2.37. The van der Waals surface area contributed by atoms with E-state index in [4.69, 9.17) is 0 Å². The molecule has 0 saturated heterocycles. The van der Waals surface area contributed by atoms with Gasteiger partial charge >= 0.3 is 0 Å². The van der Waals surface area contributed by atoms with Crippen molar-refractivity contribution in [2.75, 3.05) is 7.05 Å². The van der Waals surface area contributed by atoms with Crippen molar-refractivity contribution in [2.24, 2.45) is 5.92 Å². The number of hydrogen-bond donors (Lipinski definition) is 1. The Kier molecular flexibility index (Phi) is 5.42. The number of nitrogens with one attached hydrogen (secondary N) is 1. The summed E-state index contributed by atoms with van der Waals surface area (Å²) in [5.41, 5.74) is 2.37. The first-order valence-corrected chi connectivity index (χ1v) is 6.69. The molecular formula is C14H23N3O2. The molecule has 1 aromatic rings. The summed E-state index contributed by atoms with van der Waals surface area (Å²) >= 11 is 0. The zero-order chi connectivity index (χ0) is 14.6. The van der Waals surface area contributed by atoms with E-state index in [9.17, 15) is 10.1 Å². The lowest BCUT2D eigenvalue weighted by Crippen LogP contribution is -2.31. The third-order valence-electron chi connectivity index (χ3n) is 3.90. The zero-order valence-electron chi connectivity index (χ0n) is 12.4. The minimum atomic E-state index is -0.307. The Labute approximate surface area is 114 Å². The van der Waals surface area contributed by atoms with Crippen LogP contribution in [0.3, 0.4) is 0 Å². The van der Waals surface area contributed by atoms with E-state index in [2.05, 4.69) is 24.1 Å². The maximum atomic E-state index is 11.1. The van der Waals surface area contributed by atoms with Crippen molar-refractivity contribution in [1.29, 1.82) is 0 Å². The molecule has 106 valence electrons. The van der Waals surface area contributed by atoms with E-state index in [-0.39, 0.29) is 10.6 Å². The summed E-state index contributed by atoms with van der Waals surface area (Å²) in [4.78, 5) is 15.2. The molecule has 0 aromatic carbocycles. The molecule has 0 aliphatic carbocycles. The minimum Gasteiger partial charge on any atom is -0.317 e. The summed E-state index contributed by atoms with van der Waals surface area (Å²) < 4.78 is 0. The Morgan fingerprint density at radius 1 is 1.47 bits per heavy atom. The van der Waals surface area contributed by atoms with E-state index < -0.39 is 0 Å². The number of aryl methyl sites for hydroxylation is 1. The molecule has 5 nitrogen and oxygen atoms in total. The third-order valence-corrected chi connectivity index (χ3v) is 3.90. The van der Waals surface area contributed by atoms with Crippen LogP contribution in [0.1, 0.15) is 37.1 Å². The zero-order valence-corrected chi connectivity index (χ0v) is 12.4. The number of nitro groups is 1. The molecule has 1 heterocycles. The first kappa shape index (κ1) is 15.6. The van der Waals surface area contributed by atoms with Crippen LogP contribution in [-0.2, 0) is 6.42 Å². The highest BCUT2D eigenvalue weighted by molar-refractivity contribution is 5.47. The molecule has 0 aliphatic rings. The first-order valence-electron chi connectivity index (χ1n) is 6.69. The maximum absolute atomic E-state index is 11.1. The van der Waals surface area contributed by atoms with Crippen molar-refractivity contribution in [3.8, 4) is 0 Å². The number of pyridine rings is 1. The summed E-state index contributed by atoms with van der Waals surface area (Å²) in [6, 6.07) is 0.367. The Bertz CT molecular complexity index is 460. The molecule has 0 bridgehead atoms. The normalized spacial score (nSPS) is 14.2. The van der Waals surface area contributed by atoms with Gasteiger partial charge in [-0.3, -0.25) is 15.1 Å². The van der Waals surface area contributed by atoms with Crippen LogP contribution in [0.4, 0.5) is 5.69 Å². The van der Waals surface area contributed by atoms with Gasteiger partial charge in [0.25, 0.3) is 5.69 Å². The highest BCUT2D eigenvalue weighted by Gasteiger charge is 2.22. The fraction of sp³-hybridized carbons (Fsp3) is 0.643. The summed E-state index contributed by atoms with van der Waals surface area (Å²) in [7, 11) is 1.94. The molecule has 0 radical (unpaired) electrons. The van der Waals surface area contributed by atoms with Gasteiger partial charge in [-0.1, -0.05) is 13.3 Å². The van der Waals surface area contributed by atoms with Crippen LogP contribution < -0.4 is 5.32 Å². The number of hydrogen-bond acceptors (Lipinski definition) is 4. The van der Waals surface area contributed by atoms with E-state index in [1.165, 1.54) is 0 Å². The molecule has 2 unspecified atom stereocenters. The van der Waals surface area contributed by atoms with Crippen molar-refractivity contribution in [1.82, 2.24) is 10.3 Å². The highest BCUT2D eigenvalue weighted by Crippen LogP contribution is 2.26. The molecule has 19 heavy (non-hydrogen) atoms. The molecule has 0 spiro atoms. The van der Waals surface area contributed by atoms with Gasteiger partial charge in [-0.15, -0.1) is 0 Å². The second-order valence-electron chi connectivity index (χ2n) is 5.07. The predicted molar refractivity (Wildman–Crippen MR) is 76.4 cm³/mol. The Morgan fingerprint density at radius 3 is 2.58 bits per heavy atom. The molecule has 0 amide bonds. The van der Waals surface area contributed by atoms with E-state index in [1.807, 2.05) is 7.05 Å². The summed E-state index contributed by atoms with van der Waals surface area (Å²) in [6.07, 6.45) is 3.40. The van der Waals surface area contributed by atoms with E-state index in [1.54, 1.807) is 20.0 Å². The fourth-order valence-corrected chi connectivity index (χ4v) is 2.41. The maximum Gasteiger partial charge on any atom is 0.278 e.